The molecule has 1 saturated heterocycles. The van der Waals surface area contributed by atoms with Gasteiger partial charge in [0.05, 0.1) is 10.5 Å². The Morgan fingerprint density at radius 3 is 2.33 bits per heavy atom. The smallest absolute Gasteiger partial charge is 0.252 e. The fourth-order valence-electron chi connectivity index (χ4n) is 4.52. The average molecular weight is 432 g/mol. The second-order valence-corrected chi connectivity index (χ2v) is 10.3. The number of aromatic amines is 1. The molecule has 0 radical (unpaired) electrons. The number of nitrogens with zero attached hydrogens (tertiary/aromatic N) is 1. The van der Waals surface area contributed by atoms with Crippen molar-refractivity contribution in [1.82, 2.24) is 14.6 Å². The van der Waals surface area contributed by atoms with Crippen LogP contribution in [-0.2, 0) is 10.0 Å². The van der Waals surface area contributed by atoms with Crippen molar-refractivity contribution in [2.45, 2.75) is 68.7 Å². The van der Waals surface area contributed by atoms with Crippen molar-refractivity contribution in [3.8, 4) is 0 Å². The molecule has 2 heterocycles. The van der Waals surface area contributed by atoms with Crippen LogP contribution in [0.3, 0.4) is 0 Å². The van der Waals surface area contributed by atoms with Crippen LogP contribution < -0.4 is 10.9 Å². The quantitative estimate of drug-likeness (QED) is 0.777. The molecule has 2 aliphatic rings. The van der Waals surface area contributed by atoms with E-state index in [4.69, 9.17) is 0 Å². The first-order valence-corrected chi connectivity index (χ1v) is 12.4. The number of aromatic nitrogens is 1. The predicted octanol–water partition coefficient (Wildman–Crippen LogP) is 3.16. The standard InChI is InChI=1S/C22H29N3O4S/c26-21-15-19(22(27)23-16-8-4-3-5-9-16)18-14-17(10-11-20(18)24-21)30(28,29)25-12-6-1-2-7-13-25/h10-11,14-16H,1-9,12-13H2,(H,23,27)(H,24,26). The molecule has 2 aromatic rings. The van der Waals surface area contributed by atoms with E-state index >= 15 is 0 Å². The van der Waals surface area contributed by atoms with Crippen LogP contribution in [0.5, 0.6) is 0 Å². The normalized spacial score (nSPS) is 19.5. The summed E-state index contributed by atoms with van der Waals surface area (Å²) in [6.45, 7) is 1.03. The van der Waals surface area contributed by atoms with Crippen LogP contribution in [0.2, 0.25) is 0 Å². The van der Waals surface area contributed by atoms with Crippen molar-refractivity contribution >= 4 is 26.8 Å². The molecule has 7 nitrogen and oxygen atoms in total. The summed E-state index contributed by atoms with van der Waals surface area (Å²) < 4.78 is 27.9. The Labute approximate surface area is 176 Å². The number of fused-ring (bicyclic) bond motifs is 1. The number of hydrogen-bond acceptors (Lipinski definition) is 4. The number of sulfonamides is 1. The summed E-state index contributed by atoms with van der Waals surface area (Å²) in [5.41, 5.74) is 0.317. The molecule has 1 saturated carbocycles. The summed E-state index contributed by atoms with van der Waals surface area (Å²) in [4.78, 5) is 27.9. The Kier molecular flexibility index (Phi) is 6.24. The summed E-state index contributed by atoms with van der Waals surface area (Å²) >= 11 is 0. The Morgan fingerprint density at radius 2 is 1.63 bits per heavy atom. The van der Waals surface area contributed by atoms with E-state index in [9.17, 15) is 18.0 Å². The van der Waals surface area contributed by atoms with Crippen LogP contribution in [0.25, 0.3) is 10.9 Å². The number of benzene rings is 1. The first-order chi connectivity index (χ1) is 14.4. The fraction of sp³-hybridized carbons (Fsp3) is 0.545. The lowest BCUT2D eigenvalue weighted by atomic mass is 9.95. The topological polar surface area (TPSA) is 99.3 Å². The summed E-state index contributed by atoms with van der Waals surface area (Å²) in [7, 11) is -3.65. The van der Waals surface area contributed by atoms with Gasteiger partial charge in [0.1, 0.15) is 0 Å². The molecule has 1 amide bonds. The van der Waals surface area contributed by atoms with E-state index < -0.39 is 10.0 Å². The Hall–Kier alpha value is -2.19. The molecule has 8 heteroatoms. The van der Waals surface area contributed by atoms with Gasteiger partial charge in [-0.15, -0.1) is 0 Å². The number of pyridine rings is 1. The highest BCUT2D eigenvalue weighted by molar-refractivity contribution is 7.89. The first-order valence-electron chi connectivity index (χ1n) is 10.9. The van der Waals surface area contributed by atoms with E-state index in [1.54, 1.807) is 6.07 Å². The van der Waals surface area contributed by atoms with E-state index in [1.165, 1.54) is 28.9 Å². The van der Waals surface area contributed by atoms with Crippen LogP contribution in [0.1, 0.15) is 68.1 Å². The zero-order valence-electron chi connectivity index (χ0n) is 17.2. The summed E-state index contributed by atoms with van der Waals surface area (Å²) in [5.74, 6) is -0.317. The van der Waals surface area contributed by atoms with Gasteiger partial charge in [-0.1, -0.05) is 32.1 Å². The molecule has 162 valence electrons. The minimum absolute atomic E-state index is 0.101. The van der Waals surface area contributed by atoms with Crippen LogP contribution in [-0.4, -0.2) is 42.7 Å². The average Bonchev–Trinajstić information content (AvgIpc) is 3.03. The SMILES string of the molecule is O=C(NC1CCCCC1)c1cc(=O)[nH]c2ccc(S(=O)(=O)N3CCCCCC3)cc12. The van der Waals surface area contributed by atoms with Crippen LogP contribution in [0, 0.1) is 0 Å². The molecule has 1 aliphatic heterocycles. The number of amides is 1. The van der Waals surface area contributed by atoms with Gasteiger partial charge in [0.15, 0.2) is 0 Å². The first kappa shape index (κ1) is 21.1. The predicted molar refractivity (Wildman–Crippen MR) is 116 cm³/mol. The molecule has 0 unspecified atom stereocenters. The van der Waals surface area contributed by atoms with E-state index in [0.717, 1.165) is 51.4 Å². The fourth-order valence-corrected chi connectivity index (χ4v) is 6.07. The third kappa shape index (κ3) is 4.44. The Bertz CT molecular complexity index is 1080. The van der Waals surface area contributed by atoms with Crippen molar-refractivity contribution in [1.29, 1.82) is 0 Å². The molecular formula is C22H29N3O4S. The number of carbonyl (C=O) groups excluding carboxylic acids is 1. The molecule has 1 aromatic carbocycles. The summed E-state index contributed by atoms with van der Waals surface area (Å²) in [6, 6.07) is 5.99. The van der Waals surface area contributed by atoms with Gasteiger partial charge in [-0.3, -0.25) is 9.59 Å². The lowest BCUT2D eigenvalue weighted by molar-refractivity contribution is 0.0929. The van der Waals surface area contributed by atoms with Gasteiger partial charge in [0.2, 0.25) is 15.6 Å². The van der Waals surface area contributed by atoms with Gasteiger partial charge in [0.25, 0.3) is 5.91 Å². The second kappa shape index (κ2) is 8.89. The van der Waals surface area contributed by atoms with E-state index in [0.29, 0.717) is 24.0 Å². The number of hydrogen-bond donors (Lipinski definition) is 2. The largest absolute Gasteiger partial charge is 0.349 e. The molecule has 2 N–H and O–H groups in total. The van der Waals surface area contributed by atoms with Gasteiger partial charge in [0, 0.05) is 36.1 Å². The zero-order valence-corrected chi connectivity index (χ0v) is 18.0. The molecule has 0 atom stereocenters. The number of H-pyrrole nitrogens is 1. The van der Waals surface area contributed by atoms with Crippen LogP contribution in [0.4, 0.5) is 0 Å². The molecule has 1 aromatic heterocycles. The third-order valence-electron chi connectivity index (χ3n) is 6.20. The maximum atomic E-state index is 13.2. The number of rotatable bonds is 4. The summed E-state index contributed by atoms with van der Waals surface area (Å²) in [6.07, 6.45) is 9.00. The highest BCUT2D eigenvalue weighted by Crippen LogP contribution is 2.25. The van der Waals surface area contributed by atoms with E-state index in [1.807, 2.05) is 0 Å². The Balaban J connectivity index is 1.70. The maximum absolute atomic E-state index is 13.2. The zero-order chi connectivity index (χ0) is 21.1. The Morgan fingerprint density at radius 1 is 0.967 bits per heavy atom. The molecular weight excluding hydrogens is 402 g/mol. The van der Waals surface area contributed by atoms with Gasteiger partial charge in [-0.2, -0.15) is 4.31 Å². The van der Waals surface area contributed by atoms with Gasteiger partial charge < -0.3 is 10.3 Å². The minimum Gasteiger partial charge on any atom is -0.349 e. The minimum atomic E-state index is -3.65. The lowest BCUT2D eigenvalue weighted by Crippen LogP contribution is -2.36. The summed E-state index contributed by atoms with van der Waals surface area (Å²) in [5, 5.41) is 3.49. The monoisotopic (exact) mass is 431 g/mol. The molecule has 0 bridgehead atoms. The third-order valence-corrected chi connectivity index (χ3v) is 8.10. The lowest BCUT2D eigenvalue weighted by Gasteiger charge is -2.23. The van der Waals surface area contributed by atoms with Crippen LogP contribution >= 0.6 is 0 Å². The van der Waals surface area contributed by atoms with Crippen molar-refractivity contribution in [2.75, 3.05) is 13.1 Å². The van der Waals surface area contributed by atoms with Gasteiger partial charge in [-0.05, 0) is 43.9 Å². The molecule has 30 heavy (non-hydrogen) atoms. The molecule has 2 fully saturated rings. The van der Waals surface area contributed by atoms with Crippen molar-refractivity contribution in [3.63, 3.8) is 0 Å². The number of carbonyl (C=O) groups is 1. The highest BCUT2D eigenvalue weighted by Gasteiger charge is 2.26. The second-order valence-electron chi connectivity index (χ2n) is 8.38. The molecule has 4 rings (SSSR count). The van der Waals surface area contributed by atoms with Gasteiger partial charge >= 0.3 is 0 Å². The molecule has 1 aliphatic carbocycles. The van der Waals surface area contributed by atoms with E-state index in [-0.39, 0.29) is 28.0 Å². The highest BCUT2D eigenvalue weighted by atomic mass is 32.2. The van der Waals surface area contributed by atoms with E-state index in [2.05, 4.69) is 10.3 Å². The van der Waals surface area contributed by atoms with Gasteiger partial charge in [-0.25, -0.2) is 8.42 Å². The maximum Gasteiger partial charge on any atom is 0.252 e. The van der Waals surface area contributed by atoms with Crippen molar-refractivity contribution in [3.05, 3.63) is 40.2 Å². The molecule has 0 spiro atoms. The van der Waals surface area contributed by atoms with Crippen molar-refractivity contribution in [2.24, 2.45) is 0 Å². The number of nitrogens with one attached hydrogen (secondary N) is 2. The van der Waals surface area contributed by atoms with Crippen molar-refractivity contribution < 1.29 is 13.2 Å². The van der Waals surface area contributed by atoms with Crippen LogP contribution in [0.15, 0.2) is 34.0 Å².